The highest BCUT2D eigenvalue weighted by molar-refractivity contribution is 5.48. The first-order valence-electron chi connectivity index (χ1n) is 12.1. The van der Waals surface area contributed by atoms with Gasteiger partial charge in [-0.3, -0.25) is 0 Å². The van der Waals surface area contributed by atoms with Gasteiger partial charge in [0.15, 0.2) is 5.89 Å². The van der Waals surface area contributed by atoms with E-state index in [9.17, 15) is 0 Å². The van der Waals surface area contributed by atoms with Crippen molar-refractivity contribution >= 4 is 6.08 Å². The average Bonchev–Trinajstić information content (AvgIpc) is 3.27. The predicted octanol–water partition coefficient (Wildman–Crippen LogP) is 6.37. The second-order valence-corrected chi connectivity index (χ2v) is 9.10. The fourth-order valence-corrected chi connectivity index (χ4v) is 4.41. The molecule has 0 spiro atoms. The lowest BCUT2D eigenvalue weighted by Gasteiger charge is -2.41. The quantitative estimate of drug-likeness (QED) is 0.328. The fourth-order valence-electron chi connectivity index (χ4n) is 4.41. The van der Waals surface area contributed by atoms with Gasteiger partial charge in [0.05, 0.1) is 31.5 Å². The van der Waals surface area contributed by atoms with Gasteiger partial charge in [-0.2, -0.15) is 0 Å². The highest BCUT2D eigenvalue weighted by Gasteiger charge is 2.37. The molecule has 4 rings (SSSR count). The molecule has 34 heavy (non-hydrogen) atoms. The van der Waals surface area contributed by atoms with Crippen LogP contribution in [0, 0.1) is 12.8 Å². The fraction of sp³-hybridized carbons (Fsp3) is 0.414. The molecule has 0 aliphatic carbocycles. The van der Waals surface area contributed by atoms with Crippen LogP contribution in [-0.4, -0.2) is 29.9 Å². The second-order valence-electron chi connectivity index (χ2n) is 9.10. The predicted molar refractivity (Wildman–Crippen MR) is 133 cm³/mol. The normalized spacial score (nSPS) is 23.2. The minimum Gasteiger partial charge on any atom is -0.449 e. The Morgan fingerprint density at radius 3 is 2.35 bits per heavy atom. The van der Waals surface area contributed by atoms with E-state index in [0.717, 1.165) is 24.1 Å². The molecule has 1 fully saturated rings. The SMILES string of the molecule is C/C(=C\c1coc(C)n1)[C@H]1C[C@@H](OCc2ccccc2)[C@@H](C)[C@@H](CCOCc2ccccc2)O1. The smallest absolute Gasteiger partial charge is 0.191 e. The molecule has 2 heterocycles. The van der Waals surface area contributed by atoms with Crippen LogP contribution in [0.3, 0.4) is 0 Å². The average molecular weight is 462 g/mol. The molecule has 1 saturated heterocycles. The first-order chi connectivity index (χ1) is 16.6. The van der Waals surface area contributed by atoms with Gasteiger partial charge in [0, 0.05) is 25.9 Å². The van der Waals surface area contributed by atoms with Gasteiger partial charge in [-0.05, 0) is 36.1 Å². The Hall–Kier alpha value is -2.73. The van der Waals surface area contributed by atoms with Gasteiger partial charge in [0.1, 0.15) is 12.0 Å². The molecule has 0 radical (unpaired) electrons. The number of hydrogen-bond donors (Lipinski definition) is 0. The summed E-state index contributed by atoms with van der Waals surface area (Å²) in [7, 11) is 0. The summed E-state index contributed by atoms with van der Waals surface area (Å²) in [5, 5.41) is 0. The highest BCUT2D eigenvalue weighted by Crippen LogP contribution is 2.33. The third kappa shape index (κ3) is 6.89. The maximum absolute atomic E-state index is 6.59. The van der Waals surface area contributed by atoms with Crippen molar-refractivity contribution in [3.8, 4) is 0 Å². The Morgan fingerprint density at radius 1 is 1.03 bits per heavy atom. The third-order valence-corrected chi connectivity index (χ3v) is 6.44. The summed E-state index contributed by atoms with van der Waals surface area (Å²) in [6, 6.07) is 20.6. The number of rotatable bonds is 10. The first kappa shape index (κ1) is 24.4. The minimum absolute atomic E-state index is 0.0342. The van der Waals surface area contributed by atoms with Crippen molar-refractivity contribution in [3.63, 3.8) is 0 Å². The molecule has 180 valence electrons. The van der Waals surface area contributed by atoms with Crippen molar-refractivity contribution in [3.05, 3.63) is 95.2 Å². The Kier molecular flexibility index (Phi) is 8.69. The summed E-state index contributed by atoms with van der Waals surface area (Å²) in [6.45, 7) is 8.04. The molecule has 1 aliphatic rings. The summed E-state index contributed by atoms with van der Waals surface area (Å²) in [5.41, 5.74) is 4.32. The standard InChI is InChI=1S/C29H35NO4/c1-21(16-26-20-32-23(3)30-26)28-17-29(33-19-25-12-8-5-9-13-25)22(2)27(34-28)14-15-31-18-24-10-6-4-7-11-24/h4-13,16,20,22,27-29H,14-15,17-19H2,1-3H3/b21-16+/t22-,27+,28+,29+/m0/s1. The molecule has 0 unspecified atom stereocenters. The van der Waals surface area contributed by atoms with Crippen molar-refractivity contribution < 1.29 is 18.6 Å². The van der Waals surface area contributed by atoms with Crippen molar-refractivity contribution in [2.45, 2.75) is 65.1 Å². The van der Waals surface area contributed by atoms with E-state index in [4.69, 9.17) is 18.6 Å². The molecule has 2 aromatic carbocycles. The topological polar surface area (TPSA) is 53.7 Å². The van der Waals surface area contributed by atoms with Crippen LogP contribution in [0.25, 0.3) is 6.08 Å². The summed E-state index contributed by atoms with van der Waals surface area (Å²) in [4.78, 5) is 4.41. The summed E-state index contributed by atoms with van der Waals surface area (Å²) >= 11 is 0. The number of benzene rings is 2. The van der Waals surface area contributed by atoms with Gasteiger partial charge in [-0.15, -0.1) is 0 Å². The lowest BCUT2D eigenvalue weighted by atomic mass is 9.86. The van der Waals surface area contributed by atoms with Crippen LogP contribution in [0.5, 0.6) is 0 Å². The first-order valence-corrected chi connectivity index (χ1v) is 12.1. The zero-order valence-corrected chi connectivity index (χ0v) is 20.4. The molecule has 0 amide bonds. The number of nitrogens with zero attached hydrogens (tertiary/aromatic N) is 1. The van der Waals surface area contributed by atoms with Gasteiger partial charge in [0.25, 0.3) is 0 Å². The van der Waals surface area contributed by atoms with Crippen molar-refractivity contribution in [2.75, 3.05) is 6.61 Å². The summed E-state index contributed by atoms with van der Waals surface area (Å²) in [5.74, 6) is 0.928. The molecule has 4 atom stereocenters. The number of hydrogen-bond acceptors (Lipinski definition) is 5. The van der Waals surface area contributed by atoms with E-state index in [1.807, 2.05) is 37.3 Å². The van der Waals surface area contributed by atoms with Crippen LogP contribution < -0.4 is 0 Å². The zero-order chi connectivity index (χ0) is 23.8. The third-order valence-electron chi connectivity index (χ3n) is 6.44. The molecular formula is C29H35NO4. The zero-order valence-electron chi connectivity index (χ0n) is 20.4. The lowest BCUT2D eigenvalue weighted by Crippen LogP contribution is -2.45. The van der Waals surface area contributed by atoms with Crippen LogP contribution in [0.1, 0.15) is 49.4 Å². The summed E-state index contributed by atoms with van der Waals surface area (Å²) < 4.78 is 24.4. The maximum Gasteiger partial charge on any atom is 0.191 e. The van der Waals surface area contributed by atoms with Crippen molar-refractivity contribution in [1.82, 2.24) is 4.98 Å². The van der Waals surface area contributed by atoms with Gasteiger partial charge >= 0.3 is 0 Å². The molecule has 5 heteroatoms. The molecule has 5 nitrogen and oxygen atoms in total. The Balaban J connectivity index is 1.40. The summed E-state index contributed by atoms with van der Waals surface area (Å²) in [6.07, 6.45) is 5.49. The van der Waals surface area contributed by atoms with Crippen molar-refractivity contribution in [1.29, 1.82) is 0 Å². The van der Waals surface area contributed by atoms with Crippen LogP contribution >= 0.6 is 0 Å². The van der Waals surface area contributed by atoms with E-state index in [1.165, 1.54) is 11.1 Å². The van der Waals surface area contributed by atoms with Gasteiger partial charge < -0.3 is 18.6 Å². The Morgan fingerprint density at radius 2 is 1.71 bits per heavy atom. The van der Waals surface area contributed by atoms with E-state index in [1.54, 1.807) is 6.26 Å². The Bertz CT molecular complexity index is 1030. The van der Waals surface area contributed by atoms with E-state index in [-0.39, 0.29) is 24.2 Å². The van der Waals surface area contributed by atoms with Crippen molar-refractivity contribution in [2.24, 2.45) is 5.92 Å². The molecule has 0 bridgehead atoms. The molecule has 1 aromatic heterocycles. The lowest BCUT2D eigenvalue weighted by molar-refractivity contribution is -0.147. The monoisotopic (exact) mass is 461 g/mol. The van der Waals surface area contributed by atoms with Gasteiger partial charge in [-0.1, -0.05) is 67.6 Å². The molecule has 0 saturated carbocycles. The number of aryl methyl sites for hydroxylation is 1. The van der Waals surface area contributed by atoms with E-state index in [2.05, 4.69) is 55.2 Å². The van der Waals surface area contributed by atoms with E-state index >= 15 is 0 Å². The Labute approximate surface area is 202 Å². The minimum atomic E-state index is -0.0342. The molecule has 1 aliphatic heterocycles. The second kappa shape index (κ2) is 12.1. The number of oxazole rings is 1. The van der Waals surface area contributed by atoms with Gasteiger partial charge in [-0.25, -0.2) is 4.98 Å². The van der Waals surface area contributed by atoms with E-state index in [0.29, 0.717) is 25.7 Å². The highest BCUT2D eigenvalue weighted by atomic mass is 16.5. The number of aromatic nitrogens is 1. The van der Waals surface area contributed by atoms with Gasteiger partial charge in [0.2, 0.25) is 0 Å². The molecule has 0 N–H and O–H groups in total. The van der Waals surface area contributed by atoms with Crippen LogP contribution in [0.2, 0.25) is 0 Å². The van der Waals surface area contributed by atoms with Crippen LogP contribution in [0.4, 0.5) is 0 Å². The van der Waals surface area contributed by atoms with E-state index < -0.39 is 0 Å². The molecular weight excluding hydrogens is 426 g/mol. The maximum atomic E-state index is 6.59. The molecule has 3 aromatic rings. The largest absolute Gasteiger partial charge is 0.449 e. The van der Waals surface area contributed by atoms with Crippen LogP contribution in [-0.2, 0) is 27.4 Å². The number of ether oxygens (including phenoxy) is 3. The van der Waals surface area contributed by atoms with Crippen LogP contribution in [0.15, 0.2) is 76.9 Å².